The van der Waals surface area contributed by atoms with E-state index in [-0.39, 0.29) is 12.6 Å². The molecule has 0 spiro atoms. The van der Waals surface area contributed by atoms with Crippen LogP contribution in [0.1, 0.15) is 65.2 Å². The van der Waals surface area contributed by atoms with Gasteiger partial charge in [-0.1, -0.05) is 12.8 Å². The van der Waals surface area contributed by atoms with Crippen molar-refractivity contribution < 1.29 is 18.9 Å². The maximum absolute atomic E-state index is 5.72. The number of hydrogen-bond acceptors (Lipinski definition) is 4. The molecule has 0 aromatic rings. The lowest BCUT2D eigenvalue weighted by atomic mass is 10.1. The number of hydrogen-bond donors (Lipinski definition) is 0. The molecule has 4 heteroatoms. The zero-order valence-electron chi connectivity index (χ0n) is 13.3. The Morgan fingerprint density at radius 3 is 2.40 bits per heavy atom. The third kappa shape index (κ3) is 8.90. The fourth-order valence-electron chi connectivity index (χ4n) is 2.41. The van der Waals surface area contributed by atoms with Crippen LogP contribution in [-0.4, -0.2) is 39.0 Å². The molecule has 1 heterocycles. The van der Waals surface area contributed by atoms with Crippen molar-refractivity contribution in [2.75, 3.05) is 26.4 Å². The molecular weight excluding hydrogens is 256 g/mol. The number of unbranched alkanes of at least 4 members (excludes halogenated alkanes) is 3. The van der Waals surface area contributed by atoms with Gasteiger partial charge in [0.05, 0.1) is 0 Å². The van der Waals surface area contributed by atoms with Crippen LogP contribution in [0.2, 0.25) is 0 Å². The highest BCUT2D eigenvalue weighted by atomic mass is 16.7. The van der Waals surface area contributed by atoms with E-state index in [0.29, 0.717) is 0 Å². The third-order valence-electron chi connectivity index (χ3n) is 3.48. The highest BCUT2D eigenvalue weighted by molar-refractivity contribution is 4.54. The van der Waals surface area contributed by atoms with Crippen molar-refractivity contribution in [3.05, 3.63) is 0 Å². The summed E-state index contributed by atoms with van der Waals surface area (Å²) in [5.74, 6) is 0. The predicted molar refractivity (Wildman–Crippen MR) is 79.7 cm³/mol. The Balaban J connectivity index is 1.88. The van der Waals surface area contributed by atoms with E-state index in [1.54, 1.807) is 0 Å². The van der Waals surface area contributed by atoms with Crippen molar-refractivity contribution in [1.82, 2.24) is 0 Å². The molecule has 1 aliphatic rings. The van der Waals surface area contributed by atoms with Crippen LogP contribution in [0.25, 0.3) is 0 Å². The first kappa shape index (κ1) is 17.9. The van der Waals surface area contributed by atoms with E-state index in [0.717, 1.165) is 52.1 Å². The Bertz CT molecular complexity index is 199. The van der Waals surface area contributed by atoms with Gasteiger partial charge in [-0.05, 0) is 52.4 Å². The van der Waals surface area contributed by atoms with Crippen LogP contribution < -0.4 is 0 Å². The molecule has 1 saturated heterocycles. The topological polar surface area (TPSA) is 36.9 Å². The van der Waals surface area contributed by atoms with E-state index in [1.165, 1.54) is 25.7 Å². The van der Waals surface area contributed by atoms with Crippen molar-refractivity contribution in [3.8, 4) is 0 Å². The van der Waals surface area contributed by atoms with Gasteiger partial charge in [0, 0.05) is 26.4 Å². The van der Waals surface area contributed by atoms with E-state index >= 15 is 0 Å². The zero-order valence-corrected chi connectivity index (χ0v) is 13.3. The minimum Gasteiger partial charge on any atom is -0.353 e. The van der Waals surface area contributed by atoms with Crippen LogP contribution in [0, 0.1) is 0 Å². The second-order valence-electron chi connectivity index (χ2n) is 5.21. The molecule has 20 heavy (non-hydrogen) atoms. The second-order valence-corrected chi connectivity index (χ2v) is 5.21. The van der Waals surface area contributed by atoms with Crippen LogP contribution in [0.15, 0.2) is 0 Å². The third-order valence-corrected chi connectivity index (χ3v) is 3.48. The number of ether oxygens (including phenoxy) is 4. The largest absolute Gasteiger partial charge is 0.353 e. The Kier molecular flexibility index (Phi) is 11.2. The summed E-state index contributed by atoms with van der Waals surface area (Å²) in [6, 6.07) is 0. The fourth-order valence-corrected chi connectivity index (χ4v) is 2.41. The average molecular weight is 288 g/mol. The molecule has 0 N–H and O–H groups in total. The Hall–Kier alpha value is -0.160. The molecular formula is C16H32O4. The minimum atomic E-state index is -0.0168. The molecule has 0 bridgehead atoms. The number of rotatable bonds is 12. The van der Waals surface area contributed by atoms with Crippen LogP contribution in [-0.2, 0) is 18.9 Å². The van der Waals surface area contributed by atoms with E-state index in [4.69, 9.17) is 18.9 Å². The van der Waals surface area contributed by atoms with Crippen molar-refractivity contribution in [1.29, 1.82) is 0 Å². The first-order valence-corrected chi connectivity index (χ1v) is 8.33. The summed E-state index contributed by atoms with van der Waals surface area (Å²) in [6.45, 7) is 7.15. The summed E-state index contributed by atoms with van der Waals surface area (Å²) in [4.78, 5) is 0. The molecule has 0 radical (unpaired) electrons. The molecule has 0 aromatic carbocycles. The lowest BCUT2D eigenvalue weighted by Gasteiger charge is -2.22. The molecule has 4 nitrogen and oxygen atoms in total. The summed E-state index contributed by atoms with van der Waals surface area (Å²) >= 11 is 0. The van der Waals surface area contributed by atoms with Gasteiger partial charge in [0.1, 0.15) is 0 Å². The van der Waals surface area contributed by atoms with E-state index in [2.05, 4.69) is 0 Å². The predicted octanol–water partition coefficient (Wildman–Crippen LogP) is 3.88. The van der Waals surface area contributed by atoms with Crippen LogP contribution in [0.5, 0.6) is 0 Å². The van der Waals surface area contributed by atoms with Crippen molar-refractivity contribution in [2.24, 2.45) is 0 Å². The molecule has 120 valence electrons. The summed E-state index contributed by atoms with van der Waals surface area (Å²) in [5, 5.41) is 0. The van der Waals surface area contributed by atoms with Gasteiger partial charge in [-0.15, -0.1) is 0 Å². The summed E-state index contributed by atoms with van der Waals surface area (Å²) in [5.41, 5.74) is 0. The smallest absolute Gasteiger partial charge is 0.157 e. The molecule has 0 saturated carbocycles. The van der Waals surface area contributed by atoms with E-state index in [1.807, 2.05) is 13.8 Å². The summed E-state index contributed by atoms with van der Waals surface area (Å²) in [6.07, 6.45) is 9.21. The van der Waals surface area contributed by atoms with Crippen molar-refractivity contribution in [2.45, 2.75) is 77.8 Å². The van der Waals surface area contributed by atoms with Gasteiger partial charge < -0.3 is 18.9 Å². The van der Waals surface area contributed by atoms with Gasteiger partial charge in [-0.25, -0.2) is 0 Å². The average Bonchev–Trinajstić information content (AvgIpc) is 2.47. The van der Waals surface area contributed by atoms with Gasteiger partial charge in [0.2, 0.25) is 0 Å². The molecule has 0 aromatic heterocycles. The Labute approximate surface area is 124 Å². The molecule has 0 amide bonds. The molecule has 1 aliphatic heterocycles. The Morgan fingerprint density at radius 1 is 1.00 bits per heavy atom. The zero-order chi connectivity index (χ0) is 14.5. The van der Waals surface area contributed by atoms with Crippen molar-refractivity contribution in [3.63, 3.8) is 0 Å². The maximum atomic E-state index is 5.72. The molecule has 1 atom stereocenters. The summed E-state index contributed by atoms with van der Waals surface area (Å²) < 4.78 is 22.3. The summed E-state index contributed by atoms with van der Waals surface area (Å²) in [7, 11) is 0. The van der Waals surface area contributed by atoms with Crippen molar-refractivity contribution >= 4 is 0 Å². The molecule has 0 aliphatic carbocycles. The normalized spacial score (nSPS) is 19.6. The lowest BCUT2D eigenvalue weighted by Crippen LogP contribution is -2.22. The quantitative estimate of drug-likeness (QED) is 0.403. The van der Waals surface area contributed by atoms with Gasteiger partial charge >= 0.3 is 0 Å². The van der Waals surface area contributed by atoms with Gasteiger partial charge in [0.25, 0.3) is 0 Å². The fraction of sp³-hybridized carbons (Fsp3) is 1.00. The monoisotopic (exact) mass is 288 g/mol. The minimum absolute atomic E-state index is 0.0168. The first-order chi connectivity index (χ1) is 9.86. The highest BCUT2D eigenvalue weighted by Gasteiger charge is 2.13. The second kappa shape index (κ2) is 12.6. The van der Waals surface area contributed by atoms with E-state index in [9.17, 15) is 0 Å². The lowest BCUT2D eigenvalue weighted by molar-refractivity contribution is -0.162. The van der Waals surface area contributed by atoms with Gasteiger partial charge in [0.15, 0.2) is 12.6 Å². The van der Waals surface area contributed by atoms with Crippen LogP contribution in [0.3, 0.4) is 0 Å². The van der Waals surface area contributed by atoms with Crippen LogP contribution in [0.4, 0.5) is 0 Å². The van der Waals surface area contributed by atoms with Gasteiger partial charge in [-0.3, -0.25) is 0 Å². The van der Waals surface area contributed by atoms with E-state index < -0.39 is 0 Å². The Morgan fingerprint density at radius 2 is 1.75 bits per heavy atom. The first-order valence-electron chi connectivity index (χ1n) is 8.33. The van der Waals surface area contributed by atoms with Crippen LogP contribution >= 0.6 is 0 Å². The standard InChI is InChI=1S/C16H32O4/c1-3-17-15(18-4-2)11-7-5-6-9-13-19-16-12-8-10-14-20-16/h15-16H,3-14H2,1-2H3. The SMILES string of the molecule is CCOC(CCCCCCOC1CCCCO1)OCC. The molecule has 1 rings (SSSR count). The molecule has 1 fully saturated rings. The van der Waals surface area contributed by atoms with Gasteiger partial charge in [-0.2, -0.15) is 0 Å². The maximum Gasteiger partial charge on any atom is 0.157 e. The molecule has 1 unspecified atom stereocenters. The highest BCUT2D eigenvalue weighted by Crippen LogP contribution is 2.15.